The van der Waals surface area contributed by atoms with Crippen LogP contribution in [0.25, 0.3) is 5.57 Å². The van der Waals surface area contributed by atoms with Gasteiger partial charge in [-0.15, -0.1) is 5.10 Å². The van der Waals surface area contributed by atoms with Crippen LogP contribution in [0.4, 0.5) is 5.82 Å². The fourth-order valence-corrected chi connectivity index (χ4v) is 1.48. The summed E-state index contributed by atoms with van der Waals surface area (Å²) >= 11 is 0. The summed E-state index contributed by atoms with van der Waals surface area (Å²) in [5.74, 6) is 0.551. The molecule has 0 saturated carbocycles. The zero-order chi connectivity index (χ0) is 9.54. The van der Waals surface area contributed by atoms with E-state index >= 15 is 0 Å². The van der Waals surface area contributed by atoms with Gasteiger partial charge in [0, 0.05) is 18.0 Å². The summed E-state index contributed by atoms with van der Waals surface area (Å²) < 4.78 is 0. The van der Waals surface area contributed by atoms with Gasteiger partial charge in [-0.05, 0) is 0 Å². The molecule has 0 unspecified atom stereocenters. The lowest BCUT2D eigenvalue weighted by Crippen LogP contribution is -2.28. The molecular formula is C9H3N5. The van der Waals surface area contributed by atoms with Crippen LogP contribution in [0.5, 0.6) is 0 Å². The summed E-state index contributed by atoms with van der Waals surface area (Å²) in [6.07, 6.45) is 4.79. The Morgan fingerprint density at radius 2 is 2.21 bits per heavy atom. The van der Waals surface area contributed by atoms with Crippen LogP contribution in [0.2, 0.25) is 0 Å². The SMILES string of the molecule is N#CC1=c2c(ncc3c2=NN=C3)N=C1. The Balaban J connectivity index is 2.60. The third-order valence-electron chi connectivity index (χ3n) is 2.12. The molecule has 2 aliphatic heterocycles. The molecule has 0 saturated heterocycles. The summed E-state index contributed by atoms with van der Waals surface area (Å²) in [6, 6.07) is 2.06. The highest BCUT2D eigenvalue weighted by atomic mass is 15.2. The second-order valence-corrected chi connectivity index (χ2v) is 2.89. The largest absolute Gasteiger partial charge is 0.236 e. The number of nitriles is 1. The van der Waals surface area contributed by atoms with Gasteiger partial charge in [0.15, 0.2) is 5.82 Å². The normalized spacial score (nSPS) is 14.9. The molecular weight excluding hydrogens is 178 g/mol. The summed E-state index contributed by atoms with van der Waals surface area (Å²) in [5.41, 5.74) is 1.33. The summed E-state index contributed by atoms with van der Waals surface area (Å²) in [4.78, 5) is 8.13. The van der Waals surface area contributed by atoms with E-state index in [9.17, 15) is 0 Å². The number of nitrogens with zero attached hydrogens (tertiary/aromatic N) is 5. The number of aromatic nitrogens is 1. The Morgan fingerprint density at radius 1 is 1.29 bits per heavy atom. The quantitative estimate of drug-likeness (QED) is 0.538. The van der Waals surface area contributed by atoms with Gasteiger partial charge >= 0.3 is 0 Å². The van der Waals surface area contributed by atoms with E-state index in [1.165, 1.54) is 6.21 Å². The van der Waals surface area contributed by atoms with Crippen LogP contribution in [0.15, 0.2) is 21.4 Å². The molecule has 0 aliphatic carbocycles. The van der Waals surface area contributed by atoms with E-state index in [1.54, 1.807) is 12.4 Å². The first kappa shape index (κ1) is 7.09. The molecule has 0 atom stereocenters. The molecule has 3 heterocycles. The molecule has 3 rings (SSSR count). The van der Waals surface area contributed by atoms with Gasteiger partial charge in [0.2, 0.25) is 0 Å². The second-order valence-electron chi connectivity index (χ2n) is 2.89. The molecule has 0 N–H and O–H groups in total. The van der Waals surface area contributed by atoms with Crippen LogP contribution >= 0.6 is 0 Å². The van der Waals surface area contributed by atoms with Gasteiger partial charge in [-0.2, -0.15) is 10.4 Å². The van der Waals surface area contributed by atoms with E-state index in [1.807, 2.05) is 0 Å². The highest BCUT2D eigenvalue weighted by molar-refractivity contribution is 6.12. The Hall–Kier alpha value is -2.35. The van der Waals surface area contributed by atoms with Crippen molar-refractivity contribution in [3.05, 3.63) is 22.3 Å². The number of fused-ring (bicyclic) bond motifs is 3. The fraction of sp³-hybridized carbons (Fsp3) is 0. The summed E-state index contributed by atoms with van der Waals surface area (Å²) in [7, 11) is 0. The topological polar surface area (TPSA) is 73.8 Å². The van der Waals surface area contributed by atoms with Gasteiger partial charge in [0.1, 0.15) is 11.4 Å². The first-order chi connectivity index (χ1) is 6.90. The van der Waals surface area contributed by atoms with Crippen molar-refractivity contribution >= 4 is 23.8 Å². The van der Waals surface area contributed by atoms with E-state index in [0.717, 1.165) is 5.56 Å². The third-order valence-corrected chi connectivity index (χ3v) is 2.12. The lowest BCUT2D eigenvalue weighted by molar-refractivity contribution is 1.14. The number of aliphatic imine (C=N–C) groups is 1. The van der Waals surface area contributed by atoms with E-state index < -0.39 is 0 Å². The van der Waals surface area contributed by atoms with Crippen molar-refractivity contribution in [2.75, 3.05) is 0 Å². The molecule has 1 aromatic rings. The average Bonchev–Trinajstić information content (AvgIpc) is 2.82. The van der Waals surface area contributed by atoms with Crippen molar-refractivity contribution in [1.29, 1.82) is 5.26 Å². The minimum atomic E-state index is 0.499. The molecule has 5 heteroatoms. The van der Waals surface area contributed by atoms with Gasteiger partial charge in [0.05, 0.1) is 17.0 Å². The Bertz CT molecular complexity index is 645. The van der Waals surface area contributed by atoms with Gasteiger partial charge in [0.25, 0.3) is 0 Å². The average molecular weight is 181 g/mol. The van der Waals surface area contributed by atoms with E-state index in [4.69, 9.17) is 5.26 Å². The smallest absolute Gasteiger partial charge is 0.162 e. The van der Waals surface area contributed by atoms with Gasteiger partial charge in [-0.3, -0.25) is 0 Å². The van der Waals surface area contributed by atoms with Crippen molar-refractivity contribution in [2.45, 2.75) is 0 Å². The zero-order valence-corrected chi connectivity index (χ0v) is 6.97. The minimum Gasteiger partial charge on any atom is -0.236 e. The van der Waals surface area contributed by atoms with Crippen molar-refractivity contribution in [1.82, 2.24) is 4.98 Å². The van der Waals surface area contributed by atoms with Crippen molar-refractivity contribution in [3.63, 3.8) is 0 Å². The maximum atomic E-state index is 8.86. The van der Waals surface area contributed by atoms with Crippen LogP contribution < -0.4 is 10.6 Å². The zero-order valence-electron chi connectivity index (χ0n) is 6.97. The first-order valence-electron chi connectivity index (χ1n) is 3.99. The Morgan fingerprint density at radius 3 is 3.07 bits per heavy atom. The van der Waals surface area contributed by atoms with Gasteiger partial charge < -0.3 is 0 Å². The van der Waals surface area contributed by atoms with Crippen LogP contribution in [0.3, 0.4) is 0 Å². The van der Waals surface area contributed by atoms with Crippen molar-refractivity contribution < 1.29 is 0 Å². The molecule has 14 heavy (non-hydrogen) atoms. The molecule has 0 bridgehead atoms. The van der Waals surface area contributed by atoms with Gasteiger partial charge in [-0.1, -0.05) is 0 Å². The molecule has 64 valence electrons. The maximum Gasteiger partial charge on any atom is 0.162 e. The Labute approximate surface area is 78.5 Å². The van der Waals surface area contributed by atoms with Crippen LogP contribution in [0.1, 0.15) is 5.56 Å². The molecule has 0 spiro atoms. The fourth-order valence-electron chi connectivity index (χ4n) is 1.48. The van der Waals surface area contributed by atoms with E-state index in [-0.39, 0.29) is 0 Å². The summed E-state index contributed by atoms with van der Waals surface area (Å²) in [6.45, 7) is 0. The highest BCUT2D eigenvalue weighted by Crippen LogP contribution is 2.07. The van der Waals surface area contributed by atoms with Crippen LogP contribution in [-0.2, 0) is 0 Å². The van der Waals surface area contributed by atoms with Crippen molar-refractivity contribution in [2.24, 2.45) is 15.2 Å². The first-order valence-corrected chi connectivity index (χ1v) is 3.99. The number of hydrogen-bond donors (Lipinski definition) is 0. The predicted octanol–water partition coefficient (Wildman–Crippen LogP) is -0.561. The molecule has 5 nitrogen and oxygen atoms in total. The number of rotatable bonds is 0. The van der Waals surface area contributed by atoms with Crippen molar-refractivity contribution in [3.8, 4) is 6.07 Å². The monoisotopic (exact) mass is 181 g/mol. The lowest BCUT2D eigenvalue weighted by atomic mass is 10.2. The predicted molar refractivity (Wildman–Crippen MR) is 49.8 cm³/mol. The van der Waals surface area contributed by atoms with E-state index in [2.05, 4.69) is 26.2 Å². The number of hydrogen-bond acceptors (Lipinski definition) is 5. The highest BCUT2D eigenvalue weighted by Gasteiger charge is 2.13. The van der Waals surface area contributed by atoms with E-state index in [0.29, 0.717) is 22.0 Å². The molecule has 0 fully saturated rings. The Kier molecular flexibility index (Phi) is 1.18. The molecule has 0 amide bonds. The van der Waals surface area contributed by atoms with Gasteiger partial charge in [-0.25, -0.2) is 9.98 Å². The standard InChI is InChI=1S/C9H3N5/c10-1-5-2-11-9-7(5)8-6(3-12-9)4-13-14-8/h2-4H. The molecule has 1 aromatic heterocycles. The van der Waals surface area contributed by atoms with Crippen LogP contribution in [0, 0.1) is 11.3 Å². The minimum absolute atomic E-state index is 0.499. The van der Waals surface area contributed by atoms with Crippen LogP contribution in [-0.4, -0.2) is 17.4 Å². The maximum absolute atomic E-state index is 8.86. The molecule has 2 aliphatic rings. The molecule has 0 aromatic carbocycles. The number of pyridine rings is 1. The second kappa shape index (κ2) is 2.33. The summed E-state index contributed by atoms with van der Waals surface area (Å²) in [5, 5.41) is 18.0. The third kappa shape index (κ3) is 0.721. The lowest BCUT2D eigenvalue weighted by Gasteiger charge is -1.91. The molecule has 0 radical (unpaired) electrons.